The number of nitrogens with one attached hydrogen (secondary N) is 2. The predicted octanol–water partition coefficient (Wildman–Crippen LogP) is 2.04. The summed E-state index contributed by atoms with van der Waals surface area (Å²) in [6.07, 6.45) is 2.40. The number of amides is 1. The predicted molar refractivity (Wildman–Crippen MR) is 66.1 cm³/mol. The third kappa shape index (κ3) is 3.07. The van der Waals surface area contributed by atoms with Crippen LogP contribution >= 0.6 is 11.6 Å². The standard InChI is InChI=1S/C12H12ClN3O/c13-11-4-2-1-3-10(11)12(17)14-7-5-9-6-8-15-16-9/h1-4,6,8H,5,7H2,(H,14,17)(H,15,16). The molecule has 88 valence electrons. The molecule has 0 aliphatic rings. The van der Waals surface area contributed by atoms with E-state index in [1.807, 2.05) is 6.07 Å². The van der Waals surface area contributed by atoms with E-state index in [0.717, 1.165) is 12.1 Å². The maximum absolute atomic E-state index is 11.8. The van der Waals surface area contributed by atoms with Crippen LogP contribution in [0.4, 0.5) is 0 Å². The van der Waals surface area contributed by atoms with Crippen LogP contribution in [0.3, 0.4) is 0 Å². The molecule has 0 saturated heterocycles. The molecule has 0 bridgehead atoms. The van der Waals surface area contributed by atoms with Crippen molar-refractivity contribution < 1.29 is 4.79 Å². The number of rotatable bonds is 4. The van der Waals surface area contributed by atoms with Gasteiger partial charge >= 0.3 is 0 Å². The second-order valence-electron chi connectivity index (χ2n) is 3.57. The normalized spacial score (nSPS) is 10.2. The average Bonchev–Trinajstić information content (AvgIpc) is 2.82. The van der Waals surface area contributed by atoms with Crippen molar-refractivity contribution in [3.63, 3.8) is 0 Å². The first-order valence-electron chi connectivity index (χ1n) is 5.28. The van der Waals surface area contributed by atoms with Gasteiger partial charge < -0.3 is 5.32 Å². The largest absolute Gasteiger partial charge is 0.352 e. The SMILES string of the molecule is O=C(NCCc1ccn[nH]1)c1ccccc1Cl. The molecular formula is C12H12ClN3O. The highest BCUT2D eigenvalue weighted by atomic mass is 35.5. The third-order valence-electron chi connectivity index (χ3n) is 2.36. The van der Waals surface area contributed by atoms with Gasteiger partial charge in [-0.1, -0.05) is 23.7 Å². The maximum Gasteiger partial charge on any atom is 0.252 e. The zero-order chi connectivity index (χ0) is 12.1. The quantitative estimate of drug-likeness (QED) is 0.871. The van der Waals surface area contributed by atoms with Gasteiger partial charge in [-0.2, -0.15) is 5.10 Å². The summed E-state index contributed by atoms with van der Waals surface area (Å²) in [4.78, 5) is 11.8. The summed E-state index contributed by atoms with van der Waals surface area (Å²) in [5, 5.41) is 9.94. The number of carbonyl (C=O) groups excluding carboxylic acids is 1. The van der Waals surface area contributed by atoms with Crippen molar-refractivity contribution in [1.29, 1.82) is 0 Å². The molecular weight excluding hydrogens is 238 g/mol. The smallest absolute Gasteiger partial charge is 0.252 e. The van der Waals surface area contributed by atoms with E-state index in [9.17, 15) is 4.79 Å². The minimum Gasteiger partial charge on any atom is -0.352 e. The monoisotopic (exact) mass is 249 g/mol. The van der Waals surface area contributed by atoms with E-state index in [1.165, 1.54) is 0 Å². The molecule has 2 N–H and O–H groups in total. The summed E-state index contributed by atoms with van der Waals surface area (Å²) < 4.78 is 0. The van der Waals surface area contributed by atoms with Gasteiger partial charge in [0.2, 0.25) is 0 Å². The Hall–Kier alpha value is -1.81. The van der Waals surface area contributed by atoms with Crippen LogP contribution < -0.4 is 5.32 Å². The van der Waals surface area contributed by atoms with Gasteiger partial charge in [-0.05, 0) is 18.2 Å². The molecule has 1 aromatic heterocycles. The number of halogens is 1. The first-order chi connectivity index (χ1) is 8.27. The highest BCUT2D eigenvalue weighted by Gasteiger charge is 2.08. The summed E-state index contributed by atoms with van der Waals surface area (Å²) in [5.74, 6) is -0.157. The number of hydrogen-bond donors (Lipinski definition) is 2. The van der Waals surface area contributed by atoms with Crippen molar-refractivity contribution >= 4 is 17.5 Å². The summed E-state index contributed by atoms with van der Waals surface area (Å²) in [6.45, 7) is 0.548. The molecule has 2 aromatic rings. The molecule has 0 radical (unpaired) electrons. The Morgan fingerprint density at radius 3 is 2.88 bits per heavy atom. The molecule has 1 amide bonds. The van der Waals surface area contributed by atoms with Crippen LogP contribution in [-0.4, -0.2) is 22.6 Å². The molecule has 0 atom stereocenters. The topological polar surface area (TPSA) is 57.8 Å². The van der Waals surface area contributed by atoms with E-state index >= 15 is 0 Å². The zero-order valence-electron chi connectivity index (χ0n) is 9.11. The van der Waals surface area contributed by atoms with E-state index in [4.69, 9.17) is 11.6 Å². The number of carbonyl (C=O) groups is 1. The first-order valence-corrected chi connectivity index (χ1v) is 5.66. The zero-order valence-corrected chi connectivity index (χ0v) is 9.87. The van der Waals surface area contributed by atoms with Gasteiger partial charge in [0.05, 0.1) is 10.6 Å². The van der Waals surface area contributed by atoms with E-state index in [-0.39, 0.29) is 5.91 Å². The van der Waals surface area contributed by atoms with Gasteiger partial charge in [-0.15, -0.1) is 0 Å². The lowest BCUT2D eigenvalue weighted by Gasteiger charge is -2.05. The molecule has 0 aliphatic carbocycles. The molecule has 0 saturated carbocycles. The van der Waals surface area contributed by atoms with Crippen molar-refractivity contribution in [2.24, 2.45) is 0 Å². The molecule has 1 heterocycles. The minimum absolute atomic E-state index is 0.157. The fraction of sp³-hybridized carbons (Fsp3) is 0.167. The van der Waals surface area contributed by atoms with E-state index in [0.29, 0.717) is 17.1 Å². The molecule has 17 heavy (non-hydrogen) atoms. The van der Waals surface area contributed by atoms with Crippen LogP contribution in [0.15, 0.2) is 36.5 Å². The van der Waals surface area contributed by atoms with Gasteiger partial charge in [0, 0.05) is 24.9 Å². The van der Waals surface area contributed by atoms with Crippen LogP contribution in [0, 0.1) is 0 Å². The molecule has 4 nitrogen and oxygen atoms in total. The Kier molecular flexibility index (Phi) is 3.77. The second-order valence-corrected chi connectivity index (χ2v) is 3.97. The molecule has 5 heteroatoms. The summed E-state index contributed by atoms with van der Waals surface area (Å²) in [5.41, 5.74) is 1.49. The maximum atomic E-state index is 11.8. The van der Waals surface area contributed by atoms with Crippen LogP contribution in [0.25, 0.3) is 0 Å². The van der Waals surface area contributed by atoms with Crippen LogP contribution in [0.5, 0.6) is 0 Å². The lowest BCUT2D eigenvalue weighted by Crippen LogP contribution is -2.26. The number of hydrogen-bond acceptors (Lipinski definition) is 2. The average molecular weight is 250 g/mol. The Morgan fingerprint density at radius 2 is 2.18 bits per heavy atom. The van der Waals surface area contributed by atoms with E-state index < -0.39 is 0 Å². The van der Waals surface area contributed by atoms with Gasteiger partial charge in [-0.25, -0.2) is 0 Å². The van der Waals surface area contributed by atoms with Crippen molar-refractivity contribution in [1.82, 2.24) is 15.5 Å². The lowest BCUT2D eigenvalue weighted by atomic mass is 10.2. The number of nitrogens with zero attached hydrogens (tertiary/aromatic N) is 1. The Morgan fingerprint density at radius 1 is 1.35 bits per heavy atom. The fourth-order valence-corrected chi connectivity index (χ4v) is 1.70. The first kappa shape index (κ1) is 11.7. The molecule has 2 rings (SSSR count). The highest BCUT2D eigenvalue weighted by Crippen LogP contribution is 2.14. The fourth-order valence-electron chi connectivity index (χ4n) is 1.48. The Labute approximate surface area is 104 Å². The van der Waals surface area contributed by atoms with Crippen LogP contribution in [0.1, 0.15) is 16.1 Å². The number of H-pyrrole nitrogens is 1. The number of aromatic nitrogens is 2. The Bertz CT molecular complexity index is 496. The minimum atomic E-state index is -0.157. The molecule has 0 spiro atoms. The van der Waals surface area contributed by atoms with Gasteiger partial charge in [0.25, 0.3) is 5.91 Å². The van der Waals surface area contributed by atoms with Gasteiger partial charge in [0.15, 0.2) is 0 Å². The number of aromatic amines is 1. The van der Waals surface area contributed by atoms with Crippen molar-refractivity contribution in [3.05, 3.63) is 52.8 Å². The van der Waals surface area contributed by atoms with E-state index in [1.54, 1.807) is 30.5 Å². The molecule has 0 fully saturated rings. The molecule has 0 aliphatic heterocycles. The van der Waals surface area contributed by atoms with Gasteiger partial charge in [0.1, 0.15) is 0 Å². The lowest BCUT2D eigenvalue weighted by molar-refractivity contribution is 0.0954. The van der Waals surface area contributed by atoms with Crippen molar-refractivity contribution in [3.8, 4) is 0 Å². The molecule has 1 aromatic carbocycles. The van der Waals surface area contributed by atoms with Crippen LogP contribution in [0.2, 0.25) is 5.02 Å². The van der Waals surface area contributed by atoms with E-state index in [2.05, 4.69) is 15.5 Å². The van der Waals surface area contributed by atoms with Crippen molar-refractivity contribution in [2.75, 3.05) is 6.54 Å². The third-order valence-corrected chi connectivity index (χ3v) is 2.69. The van der Waals surface area contributed by atoms with Crippen LogP contribution in [-0.2, 0) is 6.42 Å². The summed E-state index contributed by atoms with van der Waals surface area (Å²) in [6, 6.07) is 8.86. The van der Waals surface area contributed by atoms with Crippen molar-refractivity contribution in [2.45, 2.75) is 6.42 Å². The second kappa shape index (κ2) is 5.50. The van der Waals surface area contributed by atoms with Gasteiger partial charge in [-0.3, -0.25) is 9.89 Å². The molecule has 0 unspecified atom stereocenters. The summed E-state index contributed by atoms with van der Waals surface area (Å²) in [7, 11) is 0. The summed E-state index contributed by atoms with van der Waals surface area (Å²) >= 11 is 5.92. The highest BCUT2D eigenvalue weighted by molar-refractivity contribution is 6.33. The number of benzene rings is 1. The Balaban J connectivity index is 1.88.